The molecule has 3 fully saturated rings. The lowest BCUT2D eigenvalue weighted by Crippen LogP contribution is -2.54. The molecule has 3 aromatic rings. The van der Waals surface area contributed by atoms with Gasteiger partial charge < -0.3 is 5.32 Å². The molecule has 9 heteroatoms. The number of rotatable bonds is 6. The van der Waals surface area contributed by atoms with E-state index < -0.39 is 5.92 Å². The fraction of sp³-hybridized carbons (Fsp3) is 0.600. The number of hydrogen-bond donors (Lipinski definition) is 1. The molecule has 0 radical (unpaired) electrons. The number of alkyl halides is 2. The lowest BCUT2D eigenvalue weighted by Gasteiger charge is -2.58. The fourth-order valence-corrected chi connectivity index (χ4v) is 6.61. The summed E-state index contributed by atoms with van der Waals surface area (Å²) in [5.74, 6) is -2.18. The Balaban J connectivity index is 1.29. The van der Waals surface area contributed by atoms with Crippen LogP contribution in [0.4, 0.5) is 8.78 Å². The molecule has 2 unspecified atom stereocenters. The van der Waals surface area contributed by atoms with E-state index in [0.717, 1.165) is 61.5 Å². The topological polar surface area (TPSA) is 77.1 Å². The third-order valence-corrected chi connectivity index (χ3v) is 8.06. The largest absolute Gasteiger partial charge is 0.356 e. The van der Waals surface area contributed by atoms with Gasteiger partial charge >= 0.3 is 0 Å². The first-order chi connectivity index (χ1) is 16.3. The standard InChI is InChI=1S/C25H30F2N6O/c1-2-32-20(7-9-29-32)22(17-11-24(12-17)14-25(26,27)15-24)19-13-33-21(30-19)6-5-18(31-33)10-16-4-3-8-28-23(16)34/h5-7,9,13,16-17,22H,2-4,8,10-12,14-15H2,1H3,(H,28,34). The number of halogens is 2. The predicted molar refractivity (Wildman–Crippen MR) is 122 cm³/mol. The highest BCUT2D eigenvalue weighted by molar-refractivity contribution is 5.79. The van der Waals surface area contributed by atoms with E-state index in [0.29, 0.717) is 6.42 Å². The van der Waals surface area contributed by atoms with E-state index in [2.05, 4.69) is 17.3 Å². The molecule has 7 nitrogen and oxygen atoms in total. The molecule has 1 spiro atoms. The minimum absolute atomic E-state index is 0.00318. The van der Waals surface area contributed by atoms with Gasteiger partial charge in [0.1, 0.15) is 0 Å². The van der Waals surface area contributed by atoms with Crippen LogP contribution in [0.3, 0.4) is 0 Å². The molecular weight excluding hydrogens is 438 g/mol. The van der Waals surface area contributed by atoms with Gasteiger partial charge in [-0.25, -0.2) is 18.3 Å². The third-order valence-electron chi connectivity index (χ3n) is 8.06. The average Bonchev–Trinajstić information content (AvgIpc) is 3.39. The van der Waals surface area contributed by atoms with Gasteiger partial charge in [-0.05, 0) is 62.1 Å². The second-order valence-electron chi connectivity index (χ2n) is 10.6. The Kier molecular flexibility index (Phi) is 5.00. The molecule has 1 saturated heterocycles. The van der Waals surface area contributed by atoms with Crippen LogP contribution < -0.4 is 5.32 Å². The van der Waals surface area contributed by atoms with Crippen molar-refractivity contribution in [2.45, 2.75) is 70.3 Å². The number of amides is 1. The van der Waals surface area contributed by atoms with Crippen molar-refractivity contribution in [3.05, 3.63) is 47.7 Å². The van der Waals surface area contributed by atoms with Crippen molar-refractivity contribution in [3.63, 3.8) is 0 Å². The van der Waals surface area contributed by atoms with E-state index in [4.69, 9.17) is 10.1 Å². The van der Waals surface area contributed by atoms with E-state index in [1.807, 2.05) is 29.1 Å². The van der Waals surface area contributed by atoms with Crippen molar-refractivity contribution < 1.29 is 13.6 Å². The smallest absolute Gasteiger partial charge is 0.249 e. The van der Waals surface area contributed by atoms with Gasteiger partial charge in [-0.3, -0.25) is 9.48 Å². The highest BCUT2D eigenvalue weighted by Gasteiger charge is 2.63. The lowest BCUT2D eigenvalue weighted by atomic mass is 9.48. The number of nitrogens with zero attached hydrogens (tertiary/aromatic N) is 5. The van der Waals surface area contributed by atoms with Crippen LogP contribution in [0.2, 0.25) is 0 Å². The fourth-order valence-electron chi connectivity index (χ4n) is 6.61. The molecule has 0 bridgehead atoms. The number of aromatic nitrogens is 5. The first-order valence-electron chi connectivity index (χ1n) is 12.4. The second-order valence-corrected chi connectivity index (χ2v) is 10.6. The summed E-state index contributed by atoms with van der Waals surface area (Å²) in [4.78, 5) is 17.1. The van der Waals surface area contributed by atoms with E-state index >= 15 is 0 Å². The van der Waals surface area contributed by atoms with Crippen molar-refractivity contribution in [2.24, 2.45) is 17.3 Å². The number of imidazole rings is 1. The van der Waals surface area contributed by atoms with Gasteiger partial charge in [-0.15, -0.1) is 0 Å². The second kappa shape index (κ2) is 7.85. The van der Waals surface area contributed by atoms with Crippen LogP contribution >= 0.6 is 0 Å². The number of carbonyl (C=O) groups excluding carboxylic acids is 1. The maximum Gasteiger partial charge on any atom is 0.249 e. The molecule has 2 aliphatic carbocycles. The summed E-state index contributed by atoms with van der Waals surface area (Å²) in [6, 6.07) is 5.93. The van der Waals surface area contributed by atoms with Crippen LogP contribution in [0.25, 0.3) is 5.65 Å². The highest BCUT2D eigenvalue weighted by atomic mass is 19.3. The zero-order valence-electron chi connectivity index (χ0n) is 19.4. The first kappa shape index (κ1) is 21.7. The summed E-state index contributed by atoms with van der Waals surface area (Å²) in [5, 5.41) is 12.2. The zero-order chi connectivity index (χ0) is 23.5. The van der Waals surface area contributed by atoms with Crippen molar-refractivity contribution in [1.29, 1.82) is 0 Å². The highest BCUT2D eigenvalue weighted by Crippen LogP contribution is 2.67. The third kappa shape index (κ3) is 3.69. The molecule has 2 atom stereocenters. The number of piperidine rings is 1. The number of fused-ring (bicyclic) bond motifs is 1. The quantitative estimate of drug-likeness (QED) is 0.594. The van der Waals surface area contributed by atoms with E-state index in [-0.39, 0.29) is 41.9 Å². The Morgan fingerprint density at radius 3 is 2.79 bits per heavy atom. The molecule has 3 aliphatic rings. The summed E-state index contributed by atoms with van der Waals surface area (Å²) in [6.07, 6.45) is 7.89. The van der Waals surface area contributed by atoms with Crippen molar-refractivity contribution in [3.8, 4) is 0 Å². The molecule has 180 valence electrons. The average molecular weight is 469 g/mol. The van der Waals surface area contributed by atoms with Gasteiger partial charge in [0, 0.05) is 56.1 Å². The van der Waals surface area contributed by atoms with Gasteiger partial charge in [0.2, 0.25) is 11.8 Å². The van der Waals surface area contributed by atoms with E-state index in [9.17, 15) is 13.6 Å². The van der Waals surface area contributed by atoms with Gasteiger partial charge in [-0.2, -0.15) is 10.2 Å². The molecule has 34 heavy (non-hydrogen) atoms. The van der Waals surface area contributed by atoms with E-state index in [1.54, 1.807) is 10.7 Å². The zero-order valence-corrected chi connectivity index (χ0v) is 19.4. The van der Waals surface area contributed by atoms with Gasteiger partial charge in [0.25, 0.3) is 0 Å². The monoisotopic (exact) mass is 468 g/mol. The van der Waals surface area contributed by atoms with Crippen LogP contribution in [-0.2, 0) is 17.8 Å². The van der Waals surface area contributed by atoms with Gasteiger partial charge in [0.05, 0.1) is 17.6 Å². The maximum atomic E-state index is 13.6. The predicted octanol–water partition coefficient (Wildman–Crippen LogP) is 3.97. The molecule has 3 aromatic heterocycles. The number of aryl methyl sites for hydroxylation is 1. The van der Waals surface area contributed by atoms with Crippen LogP contribution in [0.1, 0.15) is 68.4 Å². The minimum Gasteiger partial charge on any atom is -0.356 e. The summed E-state index contributed by atoms with van der Waals surface area (Å²) < 4.78 is 31.0. The summed E-state index contributed by atoms with van der Waals surface area (Å²) >= 11 is 0. The molecule has 0 aromatic carbocycles. The Hall–Kier alpha value is -2.84. The Labute approximate surface area is 196 Å². The van der Waals surface area contributed by atoms with Gasteiger partial charge in [-0.1, -0.05) is 0 Å². The molecule has 1 amide bonds. The molecule has 4 heterocycles. The van der Waals surface area contributed by atoms with Crippen LogP contribution in [-0.4, -0.2) is 42.8 Å². The summed E-state index contributed by atoms with van der Waals surface area (Å²) in [7, 11) is 0. The van der Waals surface area contributed by atoms with Crippen LogP contribution in [0, 0.1) is 17.3 Å². The molecule has 2 saturated carbocycles. The van der Waals surface area contributed by atoms with Crippen molar-refractivity contribution >= 4 is 11.6 Å². The molecular formula is C25H30F2N6O. The number of hydrogen-bond acceptors (Lipinski definition) is 4. The molecule has 1 N–H and O–H groups in total. The van der Waals surface area contributed by atoms with Crippen LogP contribution in [0.5, 0.6) is 0 Å². The van der Waals surface area contributed by atoms with Crippen LogP contribution in [0.15, 0.2) is 30.6 Å². The minimum atomic E-state index is -2.50. The van der Waals surface area contributed by atoms with E-state index in [1.165, 1.54) is 0 Å². The number of carbonyl (C=O) groups is 1. The molecule has 6 rings (SSSR count). The summed E-state index contributed by atoms with van der Waals surface area (Å²) in [6.45, 7) is 3.55. The van der Waals surface area contributed by atoms with Crippen molar-refractivity contribution in [2.75, 3.05) is 6.54 Å². The Bertz CT molecular complexity index is 1220. The lowest BCUT2D eigenvalue weighted by molar-refractivity contribution is -0.208. The SMILES string of the molecule is CCn1nccc1C(c1cn2nc(CC3CCCNC3=O)ccc2n1)C1CC2(C1)CC(F)(F)C2. The Morgan fingerprint density at radius 1 is 1.24 bits per heavy atom. The Morgan fingerprint density at radius 2 is 2.06 bits per heavy atom. The van der Waals surface area contributed by atoms with Gasteiger partial charge in [0.15, 0.2) is 5.65 Å². The van der Waals surface area contributed by atoms with Crippen molar-refractivity contribution in [1.82, 2.24) is 29.7 Å². The number of nitrogens with one attached hydrogen (secondary N) is 1. The maximum absolute atomic E-state index is 13.6. The summed E-state index contributed by atoms with van der Waals surface area (Å²) in [5.41, 5.74) is 3.41. The molecule has 1 aliphatic heterocycles. The normalized spacial score (nSPS) is 24.6. The first-order valence-corrected chi connectivity index (χ1v) is 12.4.